The van der Waals surface area contributed by atoms with Gasteiger partial charge in [-0.2, -0.15) is 20.2 Å². The molecule has 0 saturated heterocycles. The van der Waals surface area contributed by atoms with Crippen molar-refractivity contribution >= 4 is 17.0 Å². The van der Waals surface area contributed by atoms with E-state index >= 15 is 0 Å². The number of hydrogen-bond donors (Lipinski definition) is 0. The van der Waals surface area contributed by atoms with Gasteiger partial charge in [0.2, 0.25) is 17.7 Å². The number of anilines is 1. The third-order valence-electron chi connectivity index (χ3n) is 3.92. The number of pyridine rings is 1. The summed E-state index contributed by atoms with van der Waals surface area (Å²) in [6.07, 6.45) is 0. The SMILES string of the molecule is CCOc1nc2nc(N(C)C)nc3c2c(c1C#N)-c1ccccc1O3. The summed E-state index contributed by atoms with van der Waals surface area (Å²) in [4.78, 5) is 15.2. The minimum Gasteiger partial charge on any atom is -0.477 e. The molecule has 4 rings (SSSR count). The molecular weight excluding hydrogens is 318 g/mol. The Labute approximate surface area is 144 Å². The lowest BCUT2D eigenvalue weighted by atomic mass is 9.95. The summed E-state index contributed by atoms with van der Waals surface area (Å²) in [5.74, 6) is 1.80. The highest BCUT2D eigenvalue weighted by molar-refractivity contribution is 6.03. The highest BCUT2D eigenvalue weighted by Gasteiger charge is 2.29. The van der Waals surface area contributed by atoms with Crippen molar-refractivity contribution in [2.75, 3.05) is 25.6 Å². The molecule has 7 heteroatoms. The summed E-state index contributed by atoms with van der Waals surface area (Å²) in [6, 6.07) is 9.76. The fourth-order valence-corrected chi connectivity index (χ4v) is 2.86. The van der Waals surface area contributed by atoms with Crippen LogP contribution in [0.25, 0.3) is 22.2 Å². The Hall–Kier alpha value is -3.40. The molecule has 0 unspecified atom stereocenters. The van der Waals surface area contributed by atoms with E-state index in [1.54, 1.807) is 4.90 Å². The molecule has 1 aliphatic heterocycles. The van der Waals surface area contributed by atoms with Crippen LogP contribution in [0.4, 0.5) is 5.95 Å². The van der Waals surface area contributed by atoms with Gasteiger partial charge in [-0.3, -0.25) is 0 Å². The van der Waals surface area contributed by atoms with Crippen molar-refractivity contribution in [1.29, 1.82) is 5.26 Å². The Bertz CT molecular complexity index is 1040. The number of ether oxygens (including phenoxy) is 2. The molecule has 1 aliphatic rings. The van der Waals surface area contributed by atoms with Gasteiger partial charge >= 0.3 is 0 Å². The topological polar surface area (TPSA) is 84.2 Å². The van der Waals surface area contributed by atoms with E-state index in [2.05, 4.69) is 21.0 Å². The first-order valence-corrected chi connectivity index (χ1v) is 7.87. The molecule has 0 spiro atoms. The van der Waals surface area contributed by atoms with Gasteiger partial charge in [-0.1, -0.05) is 18.2 Å². The van der Waals surface area contributed by atoms with E-state index in [9.17, 15) is 5.26 Å². The van der Waals surface area contributed by atoms with E-state index in [0.29, 0.717) is 46.3 Å². The minimum absolute atomic E-state index is 0.276. The van der Waals surface area contributed by atoms with Crippen LogP contribution in [0.1, 0.15) is 12.5 Å². The highest BCUT2D eigenvalue weighted by atomic mass is 16.5. The molecule has 0 radical (unpaired) electrons. The molecule has 0 aliphatic carbocycles. The van der Waals surface area contributed by atoms with Crippen LogP contribution >= 0.6 is 0 Å². The van der Waals surface area contributed by atoms with Gasteiger partial charge in [-0.05, 0) is 13.0 Å². The summed E-state index contributed by atoms with van der Waals surface area (Å²) in [6.45, 7) is 2.26. The maximum atomic E-state index is 9.74. The van der Waals surface area contributed by atoms with E-state index in [0.717, 1.165) is 5.56 Å². The zero-order valence-corrected chi connectivity index (χ0v) is 14.1. The molecule has 0 saturated carbocycles. The normalized spacial score (nSPS) is 11.4. The summed E-state index contributed by atoms with van der Waals surface area (Å²) >= 11 is 0. The van der Waals surface area contributed by atoms with Crippen LogP contribution in [0.5, 0.6) is 17.5 Å². The zero-order valence-electron chi connectivity index (χ0n) is 14.1. The lowest BCUT2D eigenvalue weighted by Gasteiger charge is -2.22. The predicted molar refractivity (Wildman–Crippen MR) is 93.1 cm³/mol. The quantitative estimate of drug-likeness (QED) is 0.569. The Balaban J connectivity index is 2.17. The second-order valence-corrected chi connectivity index (χ2v) is 5.73. The van der Waals surface area contributed by atoms with Crippen molar-refractivity contribution in [3.63, 3.8) is 0 Å². The van der Waals surface area contributed by atoms with Gasteiger partial charge in [0, 0.05) is 25.2 Å². The average molecular weight is 333 g/mol. The maximum absolute atomic E-state index is 9.74. The van der Waals surface area contributed by atoms with Gasteiger partial charge in [0.25, 0.3) is 0 Å². The summed E-state index contributed by atoms with van der Waals surface area (Å²) in [7, 11) is 3.69. The third-order valence-corrected chi connectivity index (χ3v) is 3.92. The van der Waals surface area contributed by atoms with Crippen molar-refractivity contribution in [2.45, 2.75) is 6.92 Å². The highest BCUT2D eigenvalue weighted by Crippen LogP contribution is 2.48. The second-order valence-electron chi connectivity index (χ2n) is 5.73. The zero-order chi connectivity index (χ0) is 17.6. The summed E-state index contributed by atoms with van der Waals surface area (Å²) in [5.41, 5.74) is 2.33. The van der Waals surface area contributed by atoms with Crippen molar-refractivity contribution in [3.8, 4) is 34.7 Å². The molecule has 0 atom stereocenters. The van der Waals surface area contributed by atoms with Gasteiger partial charge in [0.05, 0.1) is 12.0 Å². The standard InChI is InChI=1S/C18H15N5O2/c1-4-24-16-11(9-19)13-10-7-5-6-8-12(10)25-17-14(13)15(20-16)21-18(22-17)23(2)3/h5-8H,4H2,1-3H3. The Morgan fingerprint density at radius 3 is 2.72 bits per heavy atom. The number of nitriles is 1. The number of fused-ring (bicyclic) bond motifs is 2. The number of aromatic nitrogens is 3. The lowest BCUT2D eigenvalue weighted by Crippen LogP contribution is -2.15. The van der Waals surface area contributed by atoms with Crippen LogP contribution in [0, 0.1) is 11.3 Å². The monoisotopic (exact) mass is 333 g/mol. The third kappa shape index (κ3) is 2.22. The van der Waals surface area contributed by atoms with Gasteiger partial charge in [0.1, 0.15) is 17.4 Å². The van der Waals surface area contributed by atoms with Crippen LogP contribution in [0.15, 0.2) is 24.3 Å². The van der Waals surface area contributed by atoms with E-state index in [1.165, 1.54) is 0 Å². The average Bonchev–Trinajstić information content (AvgIpc) is 2.61. The number of hydrogen-bond acceptors (Lipinski definition) is 7. The van der Waals surface area contributed by atoms with Gasteiger partial charge in [0.15, 0.2) is 5.65 Å². The maximum Gasteiger partial charge on any atom is 0.234 e. The molecule has 1 aromatic carbocycles. The molecule has 124 valence electrons. The molecule has 0 N–H and O–H groups in total. The first-order valence-electron chi connectivity index (χ1n) is 7.87. The molecule has 3 heterocycles. The van der Waals surface area contributed by atoms with E-state index in [4.69, 9.17) is 9.47 Å². The van der Waals surface area contributed by atoms with Crippen molar-refractivity contribution in [1.82, 2.24) is 15.0 Å². The number of para-hydroxylation sites is 1. The number of nitrogens with zero attached hydrogens (tertiary/aromatic N) is 5. The van der Waals surface area contributed by atoms with Crippen LogP contribution in [-0.2, 0) is 0 Å². The fourth-order valence-electron chi connectivity index (χ4n) is 2.86. The van der Waals surface area contributed by atoms with Crippen LogP contribution in [-0.4, -0.2) is 35.7 Å². The molecule has 0 fully saturated rings. The molecule has 3 aromatic rings. The molecule has 0 amide bonds. The van der Waals surface area contributed by atoms with Gasteiger partial charge in [-0.15, -0.1) is 0 Å². The largest absolute Gasteiger partial charge is 0.477 e. The van der Waals surface area contributed by atoms with Crippen LogP contribution in [0.3, 0.4) is 0 Å². The minimum atomic E-state index is 0.276. The molecule has 25 heavy (non-hydrogen) atoms. The van der Waals surface area contributed by atoms with E-state index in [-0.39, 0.29) is 5.88 Å². The van der Waals surface area contributed by atoms with E-state index < -0.39 is 0 Å². The second kappa shape index (κ2) is 5.60. The molecule has 0 bridgehead atoms. The van der Waals surface area contributed by atoms with E-state index in [1.807, 2.05) is 45.3 Å². The van der Waals surface area contributed by atoms with Gasteiger partial charge in [-0.25, -0.2) is 0 Å². The molecule has 7 nitrogen and oxygen atoms in total. The van der Waals surface area contributed by atoms with Crippen molar-refractivity contribution in [2.24, 2.45) is 0 Å². The Morgan fingerprint density at radius 2 is 2.00 bits per heavy atom. The molecule has 2 aromatic heterocycles. The smallest absolute Gasteiger partial charge is 0.234 e. The summed E-state index contributed by atoms with van der Waals surface area (Å²) < 4.78 is 11.6. The van der Waals surface area contributed by atoms with Gasteiger partial charge < -0.3 is 14.4 Å². The van der Waals surface area contributed by atoms with Crippen LogP contribution < -0.4 is 14.4 Å². The Morgan fingerprint density at radius 1 is 1.20 bits per heavy atom. The van der Waals surface area contributed by atoms with Crippen molar-refractivity contribution < 1.29 is 9.47 Å². The number of benzene rings is 1. The Kier molecular flexibility index (Phi) is 3.39. The number of rotatable bonds is 3. The predicted octanol–water partition coefficient (Wildman–Crippen LogP) is 3.13. The fraction of sp³-hybridized carbons (Fsp3) is 0.222. The van der Waals surface area contributed by atoms with Crippen molar-refractivity contribution in [3.05, 3.63) is 29.8 Å². The first-order chi connectivity index (χ1) is 12.1. The lowest BCUT2D eigenvalue weighted by molar-refractivity contribution is 0.327. The first kappa shape index (κ1) is 15.1. The summed E-state index contributed by atoms with van der Waals surface area (Å²) in [5, 5.41) is 10.4. The molecular formula is C18H15N5O2. The van der Waals surface area contributed by atoms with Crippen LogP contribution in [0.2, 0.25) is 0 Å².